The van der Waals surface area contributed by atoms with E-state index in [-0.39, 0.29) is 51.9 Å². The van der Waals surface area contributed by atoms with Crippen LogP contribution < -0.4 is 5.73 Å². The second-order valence-electron chi connectivity index (χ2n) is 15.4. The number of nitrogens with two attached hydrogens (primary N) is 1. The number of carbonyl (C=O) groups is 1. The number of rotatable bonds is 2. The minimum Gasteiger partial charge on any atom is -0.393 e. The molecule has 2 spiro atoms. The van der Waals surface area contributed by atoms with Crippen molar-refractivity contribution in [2.45, 2.75) is 109 Å². The molecule has 0 aromatic carbocycles. The van der Waals surface area contributed by atoms with Crippen LogP contribution in [0.1, 0.15) is 79.1 Å². The third kappa shape index (κ3) is 3.01. The molecule has 4 N–H and O–H groups in total. The molecule has 1 heterocycles. The Balaban J connectivity index is 1.30. The van der Waals surface area contributed by atoms with Crippen LogP contribution in [-0.2, 0) is 4.74 Å². The molecule has 6 rings (SSSR count). The van der Waals surface area contributed by atoms with Crippen molar-refractivity contribution in [1.82, 2.24) is 9.80 Å². The van der Waals surface area contributed by atoms with Crippen LogP contribution in [0.25, 0.3) is 0 Å². The van der Waals surface area contributed by atoms with Gasteiger partial charge < -0.3 is 30.5 Å². The lowest BCUT2D eigenvalue weighted by atomic mass is 9.43. The zero-order valence-corrected chi connectivity index (χ0v) is 24.2. The summed E-state index contributed by atoms with van der Waals surface area (Å²) in [4.78, 5) is 15.8. The van der Waals surface area contributed by atoms with E-state index in [1.807, 2.05) is 7.05 Å². The molecule has 210 valence electrons. The fourth-order valence-corrected chi connectivity index (χ4v) is 11.9. The maximum absolute atomic E-state index is 12.5. The predicted octanol–water partition coefficient (Wildman–Crippen LogP) is 3.47. The molecular formula is C30H51N3O4. The highest BCUT2D eigenvalue weighted by Gasteiger charge is 2.85. The zero-order valence-electron chi connectivity index (χ0n) is 24.2. The monoisotopic (exact) mass is 517 g/mol. The van der Waals surface area contributed by atoms with Gasteiger partial charge in [-0.3, -0.25) is 0 Å². The van der Waals surface area contributed by atoms with E-state index in [1.165, 1.54) is 12.8 Å². The number of amides is 2. The van der Waals surface area contributed by atoms with E-state index >= 15 is 0 Å². The minimum atomic E-state index is -0.693. The van der Waals surface area contributed by atoms with Gasteiger partial charge in [0.15, 0.2) is 0 Å². The van der Waals surface area contributed by atoms with E-state index in [1.54, 1.807) is 23.9 Å². The topological polar surface area (TPSA) is 99.3 Å². The van der Waals surface area contributed by atoms with Gasteiger partial charge in [-0.2, -0.15) is 0 Å². The molecular weight excluding hydrogens is 466 g/mol. The first-order chi connectivity index (χ1) is 17.2. The van der Waals surface area contributed by atoms with Gasteiger partial charge in [0.1, 0.15) is 0 Å². The maximum atomic E-state index is 12.5. The van der Waals surface area contributed by atoms with E-state index in [2.05, 4.69) is 27.7 Å². The SMILES string of the molecule is C[C@@H]1CC(CN(C)C(=O)N(C)C)OC2[C@H]1C1(C)CCC34CC35CC[C@H](O)C(C)(C)[C@@H]5CCC4[C@]1(N)[C@H]2O. The van der Waals surface area contributed by atoms with Crippen molar-refractivity contribution < 1.29 is 19.7 Å². The zero-order chi connectivity index (χ0) is 26.9. The highest BCUT2D eigenvalue weighted by atomic mass is 16.5. The lowest BCUT2D eigenvalue weighted by molar-refractivity contribution is -0.152. The van der Waals surface area contributed by atoms with Crippen LogP contribution >= 0.6 is 0 Å². The Morgan fingerprint density at radius 1 is 1.00 bits per heavy atom. The molecule has 2 amide bonds. The first-order valence-corrected chi connectivity index (χ1v) is 14.9. The molecule has 5 saturated carbocycles. The molecule has 6 fully saturated rings. The second-order valence-corrected chi connectivity index (χ2v) is 15.4. The first-order valence-electron chi connectivity index (χ1n) is 14.9. The molecule has 7 nitrogen and oxygen atoms in total. The fourth-order valence-electron chi connectivity index (χ4n) is 11.9. The Labute approximate surface area is 223 Å². The number of aliphatic hydroxyl groups is 2. The third-order valence-electron chi connectivity index (χ3n) is 13.5. The van der Waals surface area contributed by atoms with Gasteiger partial charge in [0.25, 0.3) is 0 Å². The summed E-state index contributed by atoms with van der Waals surface area (Å²) < 4.78 is 6.72. The third-order valence-corrected chi connectivity index (χ3v) is 13.5. The number of carbonyl (C=O) groups excluding carboxylic acids is 1. The van der Waals surface area contributed by atoms with Crippen molar-refractivity contribution in [2.75, 3.05) is 27.7 Å². The molecule has 0 aromatic rings. The Morgan fingerprint density at radius 2 is 1.65 bits per heavy atom. The van der Waals surface area contributed by atoms with Gasteiger partial charge in [-0.15, -0.1) is 0 Å². The molecule has 0 radical (unpaired) electrons. The number of nitrogens with zero attached hydrogens (tertiary/aromatic N) is 2. The highest BCUT2D eigenvalue weighted by molar-refractivity contribution is 5.73. The molecule has 6 aliphatic rings. The van der Waals surface area contributed by atoms with E-state index in [9.17, 15) is 15.0 Å². The van der Waals surface area contributed by atoms with E-state index in [0.29, 0.717) is 24.3 Å². The summed E-state index contributed by atoms with van der Waals surface area (Å²) in [6.45, 7) is 9.78. The molecule has 0 bridgehead atoms. The van der Waals surface area contributed by atoms with Crippen molar-refractivity contribution in [3.63, 3.8) is 0 Å². The summed E-state index contributed by atoms with van der Waals surface area (Å²) in [7, 11) is 5.37. The molecule has 0 aromatic heterocycles. The number of fused-ring (bicyclic) bond motifs is 4. The van der Waals surface area contributed by atoms with Crippen LogP contribution in [0.3, 0.4) is 0 Å². The van der Waals surface area contributed by atoms with Gasteiger partial charge in [0.2, 0.25) is 0 Å². The number of likely N-dealkylation sites (N-methyl/N-ethyl adjacent to an activating group) is 1. The lowest BCUT2D eigenvalue weighted by Gasteiger charge is -2.63. The fraction of sp³-hybridized carbons (Fsp3) is 0.967. The van der Waals surface area contributed by atoms with Crippen LogP contribution in [-0.4, -0.2) is 83.7 Å². The highest BCUT2D eigenvalue weighted by Crippen LogP contribution is 2.87. The standard InChI is InChI=1S/C30H51N3O4/c1-17-14-18(15-33(7)25(36)32(5)6)37-23-22(17)27(4)12-13-29-16-28(29)11-10-21(34)26(2,3)19(28)8-9-20(29)30(27,31)24(23)35/h17-24,34-35H,8-16,31H2,1-7H3/t17-,18?,19+,20?,21+,22+,23?,24+,27?,28?,29?,30+/m1/s1. The normalized spacial score (nSPS) is 55.2. The summed E-state index contributed by atoms with van der Waals surface area (Å²) >= 11 is 0. The lowest BCUT2D eigenvalue weighted by Crippen LogP contribution is -2.70. The summed E-state index contributed by atoms with van der Waals surface area (Å²) in [5.41, 5.74) is 7.23. The maximum Gasteiger partial charge on any atom is 0.319 e. The van der Waals surface area contributed by atoms with Gasteiger partial charge in [0.05, 0.1) is 30.0 Å². The summed E-state index contributed by atoms with van der Waals surface area (Å²) in [5, 5.41) is 23.0. The summed E-state index contributed by atoms with van der Waals surface area (Å²) in [6, 6.07) is -0.0282. The Kier molecular flexibility index (Phi) is 5.59. The van der Waals surface area contributed by atoms with Crippen LogP contribution in [0.15, 0.2) is 0 Å². The summed E-state index contributed by atoms with van der Waals surface area (Å²) in [5.74, 6) is 1.44. The van der Waals surface area contributed by atoms with Crippen LogP contribution in [0.4, 0.5) is 4.79 Å². The molecule has 37 heavy (non-hydrogen) atoms. The number of urea groups is 1. The predicted molar refractivity (Wildman–Crippen MR) is 143 cm³/mol. The van der Waals surface area contributed by atoms with Gasteiger partial charge >= 0.3 is 6.03 Å². The Bertz CT molecular complexity index is 972. The second kappa shape index (κ2) is 7.86. The van der Waals surface area contributed by atoms with Crippen molar-refractivity contribution in [2.24, 2.45) is 51.1 Å². The Morgan fingerprint density at radius 3 is 2.32 bits per heavy atom. The quantitative estimate of drug-likeness (QED) is 0.521. The minimum absolute atomic E-state index is 0.0282. The first kappa shape index (κ1) is 26.3. The molecule has 7 heteroatoms. The molecule has 1 aliphatic heterocycles. The molecule has 6 unspecified atom stereocenters. The van der Waals surface area contributed by atoms with Crippen molar-refractivity contribution >= 4 is 6.03 Å². The average Bonchev–Trinajstić information content (AvgIpc) is 3.46. The molecule has 5 aliphatic carbocycles. The average molecular weight is 518 g/mol. The summed E-state index contributed by atoms with van der Waals surface area (Å²) in [6.07, 6.45) is 7.21. The number of hydrogen-bond acceptors (Lipinski definition) is 5. The Hall–Kier alpha value is -0.890. The van der Waals surface area contributed by atoms with Crippen molar-refractivity contribution in [3.8, 4) is 0 Å². The van der Waals surface area contributed by atoms with Gasteiger partial charge in [-0.25, -0.2) is 4.79 Å². The van der Waals surface area contributed by atoms with Crippen LogP contribution in [0.2, 0.25) is 0 Å². The van der Waals surface area contributed by atoms with Crippen LogP contribution in [0.5, 0.6) is 0 Å². The van der Waals surface area contributed by atoms with Gasteiger partial charge in [-0.1, -0.05) is 27.7 Å². The molecule has 12 atom stereocenters. The van der Waals surface area contributed by atoms with Crippen molar-refractivity contribution in [1.29, 1.82) is 0 Å². The van der Waals surface area contributed by atoms with Gasteiger partial charge in [-0.05, 0) is 96.7 Å². The van der Waals surface area contributed by atoms with Crippen molar-refractivity contribution in [3.05, 3.63) is 0 Å². The smallest absolute Gasteiger partial charge is 0.319 e. The van der Waals surface area contributed by atoms with Crippen LogP contribution in [0, 0.1) is 45.3 Å². The van der Waals surface area contributed by atoms with Gasteiger partial charge in [0, 0.05) is 27.7 Å². The number of aliphatic hydroxyl groups excluding tert-OH is 2. The van der Waals surface area contributed by atoms with E-state index < -0.39 is 11.6 Å². The number of hydrogen-bond donors (Lipinski definition) is 3. The molecule has 1 saturated heterocycles. The van der Waals surface area contributed by atoms with E-state index in [0.717, 1.165) is 38.5 Å². The largest absolute Gasteiger partial charge is 0.393 e. The number of ether oxygens (including phenoxy) is 1. The van der Waals surface area contributed by atoms with E-state index in [4.69, 9.17) is 10.5 Å².